The summed E-state index contributed by atoms with van der Waals surface area (Å²) in [5, 5.41) is -0.122. The van der Waals surface area contributed by atoms with E-state index < -0.39 is 9.84 Å². The molecule has 0 spiro atoms. The first-order valence-electron chi connectivity index (χ1n) is 5.85. The average Bonchev–Trinajstić information content (AvgIpc) is 2.36. The third-order valence-corrected chi connectivity index (χ3v) is 5.36. The highest BCUT2D eigenvalue weighted by atomic mass is 35.5. The molecule has 0 N–H and O–H groups in total. The van der Waals surface area contributed by atoms with E-state index in [1.54, 1.807) is 6.92 Å². The van der Waals surface area contributed by atoms with Gasteiger partial charge in [-0.15, -0.1) is 11.6 Å². The maximum atomic E-state index is 11.4. The fourth-order valence-electron chi connectivity index (χ4n) is 1.62. The second-order valence-electron chi connectivity index (χ2n) is 4.31. The predicted molar refractivity (Wildman–Crippen MR) is 73.1 cm³/mol. The molecule has 0 saturated carbocycles. The Morgan fingerprint density at radius 3 is 2.35 bits per heavy atom. The van der Waals surface area contributed by atoms with Gasteiger partial charge in [-0.2, -0.15) is 0 Å². The standard InChI is InChI=1S/C13H19ClO2S/c1-3-17(15,16)10-9-11(2)13(14)12-7-5-4-6-8-12/h4-8,11,13H,3,9-10H2,1-2H3. The van der Waals surface area contributed by atoms with Gasteiger partial charge in [0.15, 0.2) is 0 Å². The maximum absolute atomic E-state index is 11.4. The van der Waals surface area contributed by atoms with Crippen LogP contribution in [0.15, 0.2) is 30.3 Å². The molecule has 0 aliphatic carbocycles. The summed E-state index contributed by atoms with van der Waals surface area (Å²) in [4.78, 5) is 0. The Morgan fingerprint density at radius 2 is 1.82 bits per heavy atom. The largest absolute Gasteiger partial charge is 0.229 e. The number of hydrogen-bond acceptors (Lipinski definition) is 2. The average molecular weight is 275 g/mol. The number of sulfone groups is 1. The monoisotopic (exact) mass is 274 g/mol. The second-order valence-corrected chi connectivity index (χ2v) is 7.26. The lowest BCUT2D eigenvalue weighted by atomic mass is 9.98. The molecule has 2 atom stereocenters. The van der Waals surface area contributed by atoms with E-state index in [4.69, 9.17) is 11.6 Å². The first-order chi connectivity index (χ1) is 7.96. The summed E-state index contributed by atoms with van der Waals surface area (Å²) < 4.78 is 22.8. The van der Waals surface area contributed by atoms with Crippen molar-refractivity contribution in [2.24, 2.45) is 5.92 Å². The zero-order valence-electron chi connectivity index (χ0n) is 10.3. The first-order valence-corrected chi connectivity index (χ1v) is 8.11. The molecule has 17 heavy (non-hydrogen) atoms. The van der Waals surface area contributed by atoms with Crippen LogP contribution < -0.4 is 0 Å². The van der Waals surface area contributed by atoms with Crippen LogP contribution in [0.3, 0.4) is 0 Å². The molecular formula is C13H19ClO2S. The number of rotatable bonds is 6. The molecule has 2 unspecified atom stereocenters. The van der Waals surface area contributed by atoms with Crippen LogP contribution in [0.1, 0.15) is 31.2 Å². The van der Waals surface area contributed by atoms with Crippen LogP contribution in [0.2, 0.25) is 0 Å². The van der Waals surface area contributed by atoms with E-state index in [1.807, 2.05) is 37.3 Å². The summed E-state index contributed by atoms with van der Waals surface area (Å²) in [5.74, 6) is 0.582. The van der Waals surface area contributed by atoms with Crippen molar-refractivity contribution < 1.29 is 8.42 Å². The van der Waals surface area contributed by atoms with Gasteiger partial charge < -0.3 is 0 Å². The Hall–Kier alpha value is -0.540. The summed E-state index contributed by atoms with van der Waals surface area (Å²) >= 11 is 6.33. The molecule has 0 bridgehead atoms. The molecule has 1 aromatic carbocycles. The molecule has 1 aromatic rings. The molecule has 1 rings (SSSR count). The fraction of sp³-hybridized carbons (Fsp3) is 0.538. The Bertz CT molecular complexity index is 428. The molecule has 4 heteroatoms. The van der Waals surface area contributed by atoms with Crippen LogP contribution >= 0.6 is 11.6 Å². The van der Waals surface area contributed by atoms with E-state index in [9.17, 15) is 8.42 Å². The summed E-state index contributed by atoms with van der Waals surface area (Å²) in [5.41, 5.74) is 1.05. The van der Waals surface area contributed by atoms with E-state index in [-0.39, 0.29) is 22.8 Å². The van der Waals surface area contributed by atoms with Gasteiger partial charge in [-0.05, 0) is 17.9 Å². The fourth-order valence-corrected chi connectivity index (χ4v) is 2.91. The van der Waals surface area contributed by atoms with Gasteiger partial charge in [0.2, 0.25) is 0 Å². The van der Waals surface area contributed by atoms with Crippen LogP contribution in [0.4, 0.5) is 0 Å². The van der Waals surface area contributed by atoms with Crippen molar-refractivity contribution in [2.45, 2.75) is 25.6 Å². The Kier molecular flexibility index (Phi) is 5.47. The first kappa shape index (κ1) is 14.5. The zero-order valence-corrected chi connectivity index (χ0v) is 11.8. The highest BCUT2D eigenvalue weighted by Crippen LogP contribution is 2.30. The predicted octanol–water partition coefficient (Wildman–Crippen LogP) is 3.43. The Labute approximate surface area is 109 Å². The quantitative estimate of drug-likeness (QED) is 0.745. The number of benzene rings is 1. The smallest absolute Gasteiger partial charge is 0.150 e. The number of alkyl halides is 1. The summed E-state index contributed by atoms with van der Waals surface area (Å²) in [6.45, 7) is 3.67. The van der Waals surface area contributed by atoms with Crippen molar-refractivity contribution >= 4 is 21.4 Å². The normalized spacial score (nSPS) is 15.5. The summed E-state index contributed by atoms with van der Waals surface area (Å²) in [7, 11) is -2.89. The van der Waals surface area contributed by atoms with Crippen LogP contribution in [0.25, 0.3) is 0 Å². The molecule has 0 aromatic heterocycles. The van der Waals surface area contributed by atoms with E-state index in [0.29, 0.717) is 6.42 Å². The number of hydrogen-bond donors (Lipinski definition) is 0. The van der Waals surface area contributed by atoms with Gasteiger partial charge in [-0.25, -0.2) is 8.42 Å². The molecule has 0 amide bonds. The molecule has 2 nitrogen and oxygen atoms in total. The molecule has 0 aliphatic rings. The van der Waals surface area contributed by atoms with E-state index in [2.05, 4.69) is 0 Å². The minimum absolute atomic E-state index is 0.122. The van der Waals surface area contributed by atoms with E-state index in [1.165, 1.54) is 0 Å². The SMILES string of the molecule is CCS(=O)(=O)CCC(C)C(Cl)c1ccccc1. The molecule has 0 heterocycles. The lowest BCUT2D eigenvalue weighted by molar-refractivity contribution is 0.531. The molecule has 0 fully saturated rings. The Morgan fingerprint density at radius 1 is 1.24 bits per heavy atom. The third kappa shape index (κ3) is 4.68. The van der Waals surface area contributed by atoms with Gasteiger partial charge in [0.1, 0.15) is 9.84 Å². The van der Waals surface area contributed by atoms with Gasteiger partial charge in [0.05, 0.1) is 11.1 Å². The van der Waals surface area contributed by atoms with Gasteiger partial charge >= 0.3 is 0 Å². The molecule has 0 radical (unpaired) electrons. The minimum atomic E-state index is -2.89. The molecule has 96 valence electrons. The van der Waals surface area contributed by atoms with Crippen molar-refractivity contribution in [3.63, 3.8) is 0 Å². The van der Waals surface area contributed by atoms with Crippen molar-refractivity contribution in [2.75, 3.05) is 11.5 Å². The van der Waals surface area contributed by atoms with Gasteiger partial charge in [0.25, 0.3) is 0 Å². The lowest BCUT2D eigenvalue weighted by Crippen LogP contribution is -2.14. The molecule has 0 saturated heterocycles. The minimum Gasteiger partial charge on any atom is -0.229 e. The summed E-state index contributed by atoms with van der Waals surface area (Å²) in [6, 6.07) is 9.78. The number of halogens is 1. The second kappa shape index (κ2) is 6.41. The van der Waals surface area contributed by atoms with E-state index in [0.717, 1.165) is 5.56 Å². The topological polar surface area (TPSA) is 34.1 Å². The summed E-state index contributed by atoms with van der Waals surface area (Å²) in [6.07, 6.45) is 0.610. The Balaban J connectivity index is 2.57. The van der Waals surface area contributed by atoms with Crippen LogP contribution in [-0.2, 0) is 9.84 Å². The highest BCUT2D eigenvalue weighted by Gasteiger charge is 2.18. The van der Waals surface area contributed by atoms with Crippen molar-refractivity contribution in [3.8, 4) is 0 Å². The zero-order chi connectivity index (χ0) is 12.9. The maximum Gasteiger partial charge on any atom is 0.150 e. The van der Waals surface area contributed by atoms with Crippen molar-refractivity contribution in [1.29, 1.82) is 0 Å². The van der Waals surface area contributed by atoms with Crippen molar-refractivity contribution in [3.05, 3.63) is 35.9 Å². The molecular weight excluding hydrogens is 256 g/mol. The van der Waals surface area contributed by atoms with Gasteiger partial charge in [-0.3, -0.25) is 0 Å². The lowest BCUT2D eigenvalue weighted by Gasteiger charge is -2.18. The van der Waals surface area contributed by atoms with Crippen LogP contribution in [-0.4, -0.2) is 19.9 Å². The third-order valence-electron chi connectivity index (χ3n) is 2.94. The van der Waals surface area contributed by atoms with E-state index >= 15 is 0 Å². The van der Waals surface area contributed by atoms with Crippen LogP contribution in [0, 0.1) is 5.92 Å². The highest BCUT2D eigenvalue weighted by molar-refractivity contribution is 7.91. The van der Waals surface area contributed by atoms with Gasteiger partial charge in [0, 0.05) is 5.75 Å². The van der Waals surface area contributed by atoms with Gasteiger partial charge in [-0.1, -0.05) is 44.2 Å². The van der Waals surface area contributed by atoms with Crippen LogP contribution in [0.5, 0.6) is 0 Å². The molecule has 0 aliphatic heterocycles. The van der Waals surface area contributed by atoms with Crippen molar-refractivity contribution in [1.82, 2.24) is 0 Å².